The number of piperidine rings is 1. The fourth-order valence-corrected chi connectivity index (χ4v) is 8.29. The molecule has 8 rings (SSSR count). The molecule has 2 saturated heterocycles. The first-order valence-corrected chi connectivity index (χ1v) is 18.1. The minimum Gasteiger partial charge on any atom is -0.379 e. The van der Waals surface area contributed by atoms with E-state index in [1.54, 1.807) is 38.8 Å². The van der Waals surface area contributed by atoms with Gasteiger partial charge in [-0.15, -0.1) is 5.10 Å². The summed E-state index contributed by atoms with van der Waals surface area (Å²) in [5.74, 6) is -0.329. The number of carbonyl (C=O) groups is 3. The molecule has 6 heterocycles. The summed E-state index contributed by atoms with van der Waals surface area (Å²) in [7, 11) is 0. The van der Waals surface area contributed by atoms with E-state index in [2.05, 4.69) is 15.4 Å². The number of alkyl halides is 3. The highest BCUT2D eigenvalue weighted by Gasteiger charge is 2.47. The van der Waals surface area contributed by atoms with Gasteiger partial charge >= 0.3 is 6.18 Å². The number of halogens is 4. The standard InChI is InChI=1S/C37H36ClF3N8O5/c1-35(20-54-21-35)33(53)47-14-8-22(9-15-47)30-44-34-48(19-28(50)43-25-6-5-23(18-24(25)38)37(39,40)41)27-7-10-36(29(27)32(52)49(34)45-30)11-16-46(17-12-36)31(51)26-4-2-3-13-42-26/h2-6,8,13,18H,7,9-12,14-17,19-21H2,1H3,(H,43,50). The van der Waals surface area contributed by atoms with E-state index in [4.69, 9.17) is 21.3 Å². The van der Waals surface area contributed by atoms with Crippen molar-refractivity contribution in [2.45, 2.75) is 57.2 Å². The predicted octanol–water partition coefficient (Wildman–Crippen LogP) is 4.37. The van der Waals surface area contributed by atoms with Crippen molar-refractivity contribution in [1.29, 1.82) is 0 Å². The number of fused-ring (bicyclic) bond motifs is 3. The second-order valence-corrected chi connectivity index (χ2v) is 15.1. The summed E-state index contributed by atoms with van der Waals surface area (Å²) in [6, 6.07) is 7.84. The van der Waals surface area contributed by atoms with E-state index in [9.17, 15) is 32.3 Å². The smallest absolute Gasteiger partial charge is 0.379 e. The zero-order chi connectivity index (χ0) is 38.0. The monoisotopic (exact) mass is 764 g/mol. The molecule has 4 aliphatic rings. The SMILES string of the molecule is CC1(C(=O)N2CC=C(c3nc4n(CC(=O)Nc5ccc(C(F)(F)F)cc5Cl)c5c(c(=O)n4n3)C3(CC5)CCN(C(=O)c4ccccn4)CC3)CC2)COC1. The number of carbonyl (C=O) groups excluding carboxylic acids is 3. The molecule has 1 spiro atoms. The predicted molar refractivity (Wildman–Crippen MR) is 190 cm³/mol. The Morgan fingerprint density at radius 2 is 1.80 bits per heavy atom. The maximum absolute atomic E-state index is 14.5. The van der Waals surface area contributed by atoms with Gasteiger partial charge in [0.25, 0.3) is 11.5 Å². The summed E-state index contributed by atoms with van der Waals surface area (Å²) < 4.78 is 47.9. The van der Waals surface area contributed by atoms with E-state index < -0.39 is 28.5 Å². The molecule has 54 heavy (non-hydrogen) atoms. The zero-order valence-corrected chi connectivity index (χ0v) is 30.0. The number of benzene rings is 1. The number of rotatable bonds is 6. The van der Waals surface area contributed by atoms with Gasteiger partial charge in [0.15, 0.2) is 5.82 Å². The highest BCUT2D eigenvalue weighted by atomic mass is 35.5. The van der Waals surface area contributed by atoms with Gasteiger partial charge in [0.2, 0.25) is 17.6 Å². The van der Waals surface area contributed by atoms with Crippen molar-refractivity contribution in [3.05, 3.63) is 92.4 Å². The largest absolute Gasteiger partial charge is 0.416 e. The Hall–Kier alpha value is -5.09. The van der Waals surface area contributed by atoms with Gasteiger partial charge < -0.3 is 24.4 Å². The Morgan fingerprint density at radius 1 is 1.02 bits per heavy atom. The first-order chi connectivity index (χ1) is 25.8. The molecule has 3 aliphatic heterocycles. The van der Waals surface area contributed by atoms with Crippen LogP contribution in [0.5, 0.6) is 0 Å². The average Bonchev–Trinajstić information content (AvgIpc) is 3.76. The number of pyridine rings is 1. The maximum atomic E-state index is 14.5. The number of hydrogen-bond acceptors (Lipinski definition) is 8. The number of amides is 3. The number of anilines is 1. The van der Waals surface area contributed by atoms with Crippen molar-refractivity contribution in [1.82, 2.24) is 33.9 Å². The minimum atomic E-state index is -4.61. The molecule has 1 aliphatic carbocycles. The number of nitrogens with one attached hydrogen (secondary N) is 1. The molecule has 0 atom stereocenters. The van der Waals surface area contributed by atoms with E-state index >= 15 is 0 Å². The summed E-state index contributed by atoms with van der Waals surface area (Å²) >= 11 is 6.16. The van der Waals surface area contributed by atoms with Crippen LogP contribution in [-0.4, -0.2) is 91.1 Å². The van der Waals surface area contributed by atoms with Crippen LogP contribution in [-0.2, 0) is 38.9 Å². The zero-order valence-electron chi connectivity index (χ0n) is 29.3. The molecule has 0 bridgehead atoms. The normalized spacial score (nSPS) is 19.0. The number of nitrogens with zero attached hydrogens (tertiary/aromatic N) is 7. The van der Waals surface area contributed by atoms with Crippen LogP contribution in [0.3, 0.4) is 0 Å². The van der Waals surface area contributed by atoms with Crippen LogP contribution in [0, 0.1) is 5.41 Å². The third kappa shape index (κ3) is 6.24. The van der Waals surface area contributed by atoms with Gasteiger partial charge in [-0.25, -0.2) is 0 Å². The van der Waals surface area contributed by atoms with E-state index in [1.807, 2.05) is 13.0 Å². The van der Waals surface area contributed by atoms with Crippen molar-refractivity contribution in [2.75, 3.05) is 44.7 Å². The van der Waals surface area contributed by atoms with Crippen LogP contribution in [0.2, 0.25) is 5.02 Å². The van der Waals surface area contributed by atoms with E-state index in [0.29, 0.717) is 94.3 Å². The number of hydrogen-bond donors (Lipinski definition) is 1. The number of aromatic nitrogens is 5. The van der Waals surface area contributed by atoms with E-state index in [-0.39, 0.29) is 40.4 Å². The Balaban J connectivity index is 1.13. The Labute approximate surface area is 311 Å². The lowest BCUT2D eigenvalue weighted by molar-refractivity contribution is -0.168. The molecular formula is C37H36ClF3N8O5. The molecule has 0 saturated carbocycles. The van der Waals surface area contributed by atoms with Crippen LogP contribution < -0.4 is 10.9 Å². The van der Waals surface area contributed by atoms with Crippen molar-refractivity contribution in [3.8, 4) is 0 Å². The summed E-state index contributed by atoms with van der Waals surface area (Å²) in [5.41, 5.74) is -0.202. The fourth-order valence-electron chi connectivity index (χ4n) is 8.06. The minimum absolute atomic E-state index is 0.000679. The van der Waals surface area contributed by atoms with E-state index in [1.165, 1.54) is 4.52 Å². The van der Waals surface area contributed by atoms with Gasteiger partial charge in [-0.3, -0.25) is 24.2 Å². The second kappa shape index (κ2) is 13.3. The lowest BCUT2D eigenvalue weighted by Crippen LogP contribution is -2.54. The molecular weight excluding hydrogens is 729 g/mol. The fraction of sp³-hybridized carbons (Fsp3) is 0.432. The second-order valence-electron chi connectivity index (χ2n) is 14.7. The first-order valence-electron chi connectivity index (χ1n) is 17.7. The molecule has 17 heteroatoms. The molecule has 13 nitrogen and oxygen atoms in total. The third-order valence-electron chi connectivity index (χ3n) is 11.1. The van der Waals surface area contributed by atoms with Gasteiger partial charge in [0.1, 0.15) is 12.2 Å². The maximum Gasteiger partial charge on any atom is 0.416 e. The number of likely N-dealkylation sites (tertiary alicyclic amines) is 1. The van der Waals surface area contributed by atoms with Gasteiger partial charge in [0, 0.05) is 49.0 Å². The lowest BCUT2D eigenvalue weighted by Gasteiger charge is -2.41. The molecule has 0 radical (unpaired) electrons. The lowest BCUT2D eigenvalue weighted by atomic mass is 9.74. The topological polar surface area (TPSA) is 144 Å². The van der Waals surface area contributed by atoms with Crippen LogP contribution >= 0.6 is 11.6 Å². The highest BCUT2D eigenvalue weighted by molar-refractivity contribution is 6.33. The van der Waals surface area contributed by atoms with Crippen molar-refractivity contribution >= 4 is 46.4 Å². The molecule has 282 valence electrons. The van der Waals surface area contributed by atoms with Crippen molar-refractivity contribution in [3.63, 3.8) is 0 Å². The average molecular weight is 765 g/mol. The third-order valence-corrected chi connectivity index (χ3v) is 11.4. The quantitative estimate of drug-likeness (QED) is 0.305. The van der Waals surface area contributed by atoms with Crippen LogP contribution in [0.15, 0.2) is 53.5 Å². The van der Waals surface area contributed by atoms with Crippen LogP contribution in [0.25, 0.3) is 11.4 Å². The highest BCUT2D eigenvalue weighted by Crippen LogP contribution is 2.45. The van der Waals surface area contributed by atoms with Crippen molar-refractivity contribution < 1.29 is 32.3 Å². The molecule has 3 amide bonds. The molecule has 1 N–H and O–H groups in total. The molecule has 4 aromatic rings. The van der Waals surface area contributed by atoms with Crippen LogP contribution in [0.1, 0.15) is 65.7 Å². The molecule has 3 aromatic heterocycles. The van der Waals surface area contributed by atoms with Crippen LogP contribution in [0.4, 0.5) is 18.9 Å². The van der Waals surface area contributed by atoms with Gasteiger partial charge in [-0.2, -0.15) is 22.7 Å². The molecule has 0 unspecified atom stereocenters. The van der Waals surface area contributed by atoms with Gasteiger partial charge in [-0.05, 0) is 74.9 Å². The number of ether oxygens (including phenoxy) is 1. The van der Waals surface area contributed by atoms with E-state index in [0.717, 1.165) is 23.8 Å². The van der Waals surface area contributed by atoms with Gasteiger partial charge in [0.05, 0.1) is 34.9 Å². The summed E-state index contributed by atoms with van der Waals surface area (Å²) in [6.45, 7) is 3.88. The Bertz CT molecular complexity index is 2280. The van der Waals surface area contributed by atoms with Crippen molar-refractivity contribution in [2.24, 2.45) is 5.41 Å². The Morgan fingerprint density at radius 3 is 2.43 bits per heavy atom. The Kier molecular flexibility index (Phi) is 8.87. The molecule has 2 fully saturated rings. The summed E-state index contributed by atoms with van der Waals surface area (Å²) in [6.07, 6.45) is 1.35. The molecule has 1 aromatic carbocycles. The van der Waals surface area contributed by atoms with Gasteiger partial charge in [-0.1, -0.05) is 23.7 Å². The summed E-state index contributed by atoms with van der Waals surface area (Å²) in [5, 5.41) is 7.01. The first kappa shape index (κ1) is 35.9. The summed E-state index contributed by atoms with van der Waals surface area (Å²) in [4.78, 5) is 66.9.